The van der Waals surface area contributed by atoms with E-state index in [1.54, 1.807) is 29.2 Å². The number of urea groups is 1. The summed E-state index contributed by atoms with van der Waals surface area (Å²) < 4.78 is 5.71. The minimum absolute atomic E-state index is 0.212. The van der Waals surface area contributed by atoms with Crippen molar-refractivity contribution in [3.05, 3.63) is 63.6 Å². The smallest absolute Gasteiger partial charge is 0.339 e. The first-order valence-electron chi connectivity index (χ1n) is 8.32. The molecule has 1 saturated heterocycles. The number of carbonyl (C=O) groups is 2. The van der Waals surface area contributed by atoms with Crippen molar-refractivity contribution in [3.8, 4) is 0 Å². The number of esters is 1. The van der Waals surface area contributed by atoms with Gasteiger partial charge in [0, 0.05) is 37.2 Å². The Morgan fingerprint density at radius 3 is 2.54 bits per heavy atom. The van der Waals surface area contributed by atoms with Crippen molar-refractivity contribution in [2.75, 3.05) is 18.4 Å². The Bertz CT molecular complexity index is 892. The zero-order valence-electron chi connectivity index (χ0n) is 13.8. The van der Waals surface area contributed by atoms with Crippen LogP contribution in [-0.4, -0.2) is 30.0 Å². The molecule has 134 valence electrons. The topological polar surface area (TPSA) is 58.6 Å². The van der Waals surface area contributed by atoms with E-state index in [0.29, 0.717) is 47.2 Å². The van der Waals surface area contributed by atoms with Gasteiger partial charge in [0.05, 0.1) is 15.6 Å². The monoisotopic (exact) mass is 390 g/mol. The zero-order chi connectivity index (χ0) is 18.3. The van der Waals surface area contributed by atoms with Crippen LogP contribution >= 0.6 is 23.2 Å². The fraction of sp³-hybridized carbons (Fsp3) is 0.263. The highest BCUT2D eigenvalue weighted by atomic mass is 35.5. The summed E-state index contributed by atoms with van der Waals surface area (Å²) in [5, 5.41) is 3.64. The summed E-state index contributed by atoms with van der Waals surface area (Å²) in [7, 11) is 0. The number of halogens is 2. The second-order valence-corrected chi connectivity index (χ2v) is 7.29. The van der Waals surface area contributed by atoms with Gasteiger partial charge in [0.15, 0.2) is 0 Å². The van der Waals surface area contributed by atoms with Gasteiger partial charge in [-0.3, -0.25) is 0 Å². The summed E-state index contributed by atoms with van der Waals surface area (Å²) in [6.45, 7) is 0.990. The molecule has 0 unspecified atom stereocenters. The van der Waals surface area contributed by atoms with Crippen LogP contribution in [0.3, 0.4) is 0 Å². The first-order chi connectivity index (χ1) is 12.5. The third-order valence-electron chi connectivity index (χ3n) is 4.96. The van der Waals surface area contributed by atoms with Gasteiger partial charge < -0.3 is 15.0 Å². The molecule has 1 spiro atoms. The lowest BCUT2D eigenvalue weighted by molar-refractivity contribution is -0.0363. The number of nitrogens with one attached hydrogen (secondary N) is 1. The van der Waals surface area contributed by atoms with Crippen LogP contribution in [0.25, 0.3) is 0 Å². The zero-order valence-corrected chi connectivity index (χ0v) is 15.3. The predicted molar refractivity (Wildman–Crippen MR) is 99.8 cm³/mol. The molecule has 0 bridgehead atoms. The maximum atomic E-state index is 12.5. The summed E-state index contributed by atoms with van der Waals surface area (Å²) in [5.41, 5.74) is 1.52. The Hall–Kier alpha value is -2.24. The second-order valence-electron chi connectivity index (χ2n) is 6.48. The van der Waals surface area contributed by atoms with E-state index < -0.39 is 5.60 Å². The maximum Gasteiger partial charge on any atom is 0.339 e. The molecular formula is C19H16Cl2N2O3. The summed E-state index contributed by atoms with van der Waals surface area (Å²) >= 11 is 11.9. The molecule has 7 heteroatoms. The minimum atomic E-state index is -0.617. The average Bonchev–Trinajstić information content (AvgIpc) is 2.91. The van der Waals surface area contributed by atoms with E-state index >= 15 is 0 Å². The Balaban J connectivity index is 1.45. The first kappa shape index (κ1) is 17.2. The second kappa shape index (κ2) is 6.49. The molecule has 2 amide bonds. The van der Waals surface area contributed by atoms with E-state index in [1.165, 1.54) is 0 Å². The van der Waals surface area contributed by atoms with Crippen molar-refractivity contribution in [3.63, 3.8) is 0 Å². The lowest BCUT2D eigenvalue weighted by atomic mass is 9.84. The van der Waals surface area contributed by atoms with E-state index in [-0.39, 0.29) is 12.0 Å². The van der Waals surface area contributed by atoms with Crippen LogP contribution in [0.1, 0.15) is 28.8 Å². The number of likely N-dealkylation sites (tertiary alicyclic amines) is 1. The van der Waals surface area contributed by atoms with Crippen molar-refractivity contribution in [2.24, 2.45) is 0 Å². The molecular weight excluding hydrogens is 375 g/mol. The van der Waals surface area contributed by atoms with Gasteiger partial charge in [-0.15, -0.1) is 0 Å². The van der Waals surface area contributed by atoms with Crippen LogP contribution < -0.4 is 5.32 Å². The van der Waals surface area contributed by atoms with E-state index in [9.17, 15) is 9.59 Å². The molecule has 4 rings (SSSR count). The highest BCUT2D eigenvalue weighted by Gasteiger charge is 2.47. The number of hydrogen-bond donors (Lipinski definition) is 1. The number of rotatable bonds is 1. The van der Waals surface area contributed by atoms with Crippen LogP contribution in [0, 0.1) is 0 Å². The lowest BCUT2D eigenvalue weighted by Crippen LogP contribution is -2.46. The van der Waals surface area contributed by atoms with Gasteiger partial charge in [0.25, 0.3) is 0 Å². The lowest BCUT2D eigenvalue weighted by Gasteiger charge is -2.38. The van der Waals surface area contributed by atoms with Gasteiger partial charge in [-0.2, -0.15) is 0 Å². The van der Waals surface area contributed by atoms with Gasteiger partial charge in [-0.05, 0) is 24.3 Å². The molecule has 0 atom stereocenters. The quantitative estimate of drug-likeness (QED) is 0.718. The number of hydrogen-bond acceptors (Lipinski definition) is 3. The third-order valence-corrected chi connectivity index (χ3v) is 5.69. The summed E-state index contributed by atoms with van der Waals surface area (Å²) in [4.78, 5) is 26.3. The van der Waals surface area contributed by atoms with E-state index in [0.717, 1.165) is 5.56 Å². The van der Waals surface area contributed by atoms with Crippen molar-refractivity contribution in [1.29, 1.82) is 0 Å². The van der Waals surface area contributed by atoms with Gasteiger partial charge in [-0.1, -0.05) is 41.4 Å². The van der Waals surface area contributed by atoms with E-state index in [4.69, 9.17) is 27.9 Å². The number of piperidine rings is 1. The average molecular weight is 391 g/mol. The number of carbonyl (C=O) groups excluding carboxylic acids is 2. The largest absolute Gasteiger partial charge is 0.450 e. The molecule has 0 aromatic heterocycles. The van der Waals surface area contributed by atoms with Crippen LogP contribution in [0.15, 0.2) is 42.5 Å². The van der Waals surface area contributed by atoms with E-state index in [1.807, 2.05) is 18.2 Å². The maximum absolute atomic E-state index is 12.5. The number of fused-ring (bicyclic) bond motifs is 2. The van der Waals surface area contributed by atoms with Gasteiger partial charge in [-0.25, -0.2) is 9.59 Å². The number of anilines is 1. The highest BCUT2D eigenvalue weighted by molar-refractivity contribution is 6.42. The number of amides is 2. The molecule has 0 radical (unpaired) electrons. The van der Waals surface area contributed by atoms with Crippen molar-refractivity contribution in [1.82, 2.24) is 4.90 Å². The number of ether oxygens (including phenoxy) is 1. The molecule has 1 fully saturated rings. The van der Waals surface area contributed by atoms with Crippen LogP contribution in [0.2, 0.25) is 10.0 Å². The number of benzene rings is 2. The molecule has 2 aromatic carbocycles. The first-order valence-corrected chi connectivity index (χ1v) is 9.08. The fourth-order valence-electron chi connectivity index (χ4n) is 3.56. The van der Waals surface area contributed by atoms with Gasteiger partial charge in [0.1, 0.15) is 5.60 Å². The molecule has 2 heterocycles. The minimum Gasteiger partial charge on any atom is -0.450 e. The Morgan fingerprint density at radius 2 is 1.81 bits per heavy atom. The molecule has 1 N–H and O–H groups in total. The molecule has 0 aliphatic carbocycles. The number of nitrogens with zero attached hydrogens (tertiary/aromatic N) is 1. The standard InChI is InChI=1S/C19H16Cl2N2O3/c20-15-6-5-12(11-16(15)21)22-18(25)23-9-7-19(8-10-23)14-4-2-1-3-13(14)17(24)26-19/h1-6,11H,7-10H2,(H,22,25). The molecule has 2 aliphatic heterocycles. The Labute approximate surface area is 160 Å². The van der Waals surface area contributed by atoms with E-state index in [2.05, 4.69) is 5.32 Å². The van der Waals surface area contributed by atoms with Crippen LogP contribution in [0.5, 0.6) is 0 Å². The summed E-state index contributed by atoms with van der Waals surface area (Å²) in [5.74, 6) is -0.283. The molecule has 2 aliphatic rings. The third kappa shape index (κ3) is 2.91. The van der Waals surface area contributed by atoms with Crippen LogP contribution in [0.4, 0.5) is 10.5 Å². The van der Waals surface area contributed by atoms with Crippen molar-refractivity contribution in [2.45, 2.75) is 18.4 Å². The molecule has 5 nitrogen and oxygen atoms in total. The van der Waals surface area contributed by atoms with Crippen molar-refractivity contribution >= 4 is 40.9 Å². The Morgan fingerprint density at radius 1 is 1.08 bits per heavy atom. The normalized spacial score (nSPS) is 17.8. The fourth-order valence-corrected chi connectivity index (χ4v) is 3.86. The summed E-state index contributed by atoms with van der Waals surface area (Å²) in [6, 6.07) is 12.2. The molecule has 26 heavy (non-hydrogen) atoms. The highest BCUT2D eigenvalue weighted by Crippen LogP contribution is 2.44. The predicted octanol–water partition coefficient (Wildman–Crippen LogP) is 4.69. The van der Waals surface area contributed by atoms with Gasteiger partial charge >= 0.3 is 12.0 Å². The molecule has 0 saturated carbocycles. The Kier molecular flexibility index (Phi) is 4.29. The van der Waals surface area contributed by atoms with Crippen LogP contribution in [-0.2, 0) is 10.3 Å². The van der Waals surface area contributed by atoms with Crippen molar-refractivity contribution < 1.29 is 14.3 Å². The van der Waals surface area contributed by atoms with Gasteiger partial charge in [0.2, 0.25) is 0 Å². The SMILES string of the molecule is O=C1OC2(CCN(C(=O)Nc3ccc(Cl)c(Cl)c3)CC2)c2ccccc21. The summed E-state index contributed by atoms with van der Waals surface area (Å²) in [6.07, 6.45) is 1.15. The molecule has 2 aromatic rings.